The van der Waals surface area contributed by atoms with E-state index >= 15 is 0 Å². The molecule has 0 aromatic heterocycles. The molecule has 0 saturated carbocycles. The minimum Gasteiger partial charge on any atom is -0.268 e. The van der Waals surface area contributed by atoms with E-state index in [2.05, 4.69) is 0 Å². The summed E-state index contributed by atoms with van der Waals surface area (Å²) in [6.07, 6.45) is 4.09. The van der Waals surface area contributed by atoms with Crippen LogP contribution in [-0.4, -0.2) is 16.7 Å². The van der Waals surface area contributed by atoms with Gasteiger partial charge < -0.3 is 0 Å². The molecule has 2 aromatic rings. The van der Waals surface area contributed by atoms with Crippen LogP contribution in [0.2, 0.25) is 0 Å². The van der Waals surface area contributed by atoms with Gasteiger partial charge in [0.25, 0.3) is 11.8 Å². The highest BCUT2D eigenvalue weighted by Crippen LogP contribution is 2.22. The Hall–Kier alpha value is -2.68. The number of hydrogen-bond acceptors (Lipinski definition) is 2. The van der Waals surface area contributed by atoms with Gasteiger partial charge in [-0.1, -0.05) is 48.5 Å². The van der Waals surface area contributed by atoms with Gasteiger partial charge in [0.1, 0.15) is 0 Å². The minimum atomic E-state index is -0.255. The lowest BCUT2D eigenvalue weighted by Crippen LogP contribution is -2.23. The van der Waals surface area contributed by atoms with Crippen LogP contribution in [0.3, 0.4) is 0 Å². The number of amides is 2. The summed E-state index contributed by atoms with van der Waals surface area (Å²) in [6.45, 7) is 0. The van der Waals surface area contributed by atoms with Crippen LogP contribution in [0.1, 0.15) is 26.3 Å². The zero-order valence-electron chi connectivity index (χ0n) is 10.8. The van der Waals surface area contributed by atoms with Gasteiger partial charge in [-0.25, -0.2) is 4.90 Å². The van der Waals surface area contributed by atoms with Crippen molar-refractivity contribution in [1.29, 1.82) is 0 Å². The van der Waals surface area contributed by atoms with E-state index in [-0.39, 0.29) is 11.8 Å². The highest BCUT2D eigenvalue weighted by Gasteiger charge is 2.33. The fraction of sp³-hybridized carbons (Fsp3) is 0.0588. The smallest absolute Gasteiger partial charge is 0.265 e. The van der Waals surface area contributed by atoms with Gasteiger partial charge in [0, 0.05) is 6.20 Å². The molecule has 2 amide bonds. The number of allylic oxidation sites excluding steroid dienone is 1. The second-order valence-corrected chi connectivity index (χ2v) is 4.60. The molecule has 3 heteroatoms. The molecule has 1 heterocycles. The number of carbonyl (C=O) groups excluding carboxylic acids is 2. The van der Waals surface area contributed by atoms with Crippen LogP contribution >= 0.6 is 0 Å². The topological polar surface area (TPSA) is 37.4 Å². The molecule has 3 rings (SSSR count). The minimum absolute atomic E-state index is 0.255. The van der Waals surface area contributed by atoms with Crippen molar-refractivity contribution >= 4 is 11.8 Å². The van der Waals surface area contributed by atoms with Gasteiger partial charge in [0.05, 0.1) is 11.1 Å². The molecule has 0 aliphatic carbocycles. The third-order valence-electron chi connectivity index (χ3n) is 3.28. The molecule has 2 aromatic carbocycles. The van der Waals surface area contributed by atoms with E-state index in [1.165, 1.54) is 4.90 Å². The van der Waals surface area contributed by atoms with Crippen LogP contribution in [-0.2, 0) is 6.42 Å². The first-order chi connectivity index (χ1) is 9.77. The standard InChI is InChI=1S/C17H13NO2/c19-16-14-10-4-5-11-15(14)17(20)18(16)12-6-9-13-7-2-1-3-8-13/h1-8,10-12H,9H2. The normalized spacial score (nSPS) is 14.1. The van der Waals surface area contributed by atoms with E-state index in [1.54, 1.807) is 30.5 Å². The Balaban J connectivity index is 1.77. The van der Waals surface area contributed by atoms with Crippen molar-refractivity contribution in [3.63, 3.8) is 0 Å². The van der Waals surface area contributed by atoms with Gasteiger partial charge in [-0.3, -0.25) is 9.59 Å². The molecule has 3 nitrogen and oxygen atoms in total. The molecule has 1 aliphatic heterocycles. The summed E-state index contributed by atoms with van der Waals surface area (Å²) in [6, 6.07) is 16.8. The van der Waals surface area contributed by atoms with Crippen molar-refractivity contribution in [2.24, 2.45) is 0 Å². The Morgan fingerprint density at radius 1 is 0.800 bits per heavy atom. The summed E-state index contributed by atoms with van der Waals surface area (Å²) in [4.78, 5) is 25.4. The monoisotopic (exact) mass is 263 g/mol. The van der Waals surface area contributed by atoms with E-state index in [4.69, 9.17) is 0 Å². The van der Waals surface area contributed by atoms with E-state index < -0.39 is 0 Å². The van der Waals surface area contributed by atoms with Gasteiger partial charge in [-0.2, -0.15) is 0 Å². The molecular formula is C17H13NO2. The molecule has 0 radical (unpaired) electrons. The van der Waals surface area contributed by atoms with Gasteiger partial charge in [0.2, 0.25) is 0 Å². The Labute approximate surface area is 117 Å². The maximum Gasteiger partial charge on any atom is 0.265 e. The predicted molar refractivity (Wildman–Crippen MR) is 76.2 cm³/mol. The molecule has 20 heavy (non-hydrogen) atoms. The van der Waals surface area contributed by atoms with E-state index in [1.807, 2.05) is 36.4 Å². The van der Waals surface area contributed by atoms with Crippen molar-refractivity contribution in [3.05, 3.63) is 83.6 Å². The number of imide groups is 1. The lowest BCUT2D eigenvalue weighted by atomic mass is 10.1. The highest BCUT2D eigenvalue weighted by molar-refractivity contribution is 6.22. The van der Waals surface area contributed by atoms with Gasteiger partial charge in [0.15, 0.2) is 0 Å². The fourth-order valence-electron chi connectivity index (χ4n) is 2.25. The van der Waals surface area contributed by atoms with E-state index in [0.717, 1.165) is 5.56 Å². The number of hydrogen-bond donors (Lipinski definition) is 0. The third kappa shape index (κ3) is 2.14. The van der Waals surface area contributed by atoms with Crippen LogP contribution in [0.15, 0.2) is 66.9 Å². The largest absolute Gasteiger partial charge is 0.268 e. The van der Waals surface area contributed by atoms with Gasteiger partial charge in [-0.05, 0) is 24.1 Å². The van der Waals surface area contributed by atoms with Crippen molar-refractivity contribution in [1.82, 2.24) is 4.90 Å². The Kier molecular flexibility index (Phi) is 3.17. The summed E-state index contributed by atoms with van der Waals surface area (Å²) >= 11 is 0. The average molecular weight is 263 g/mol. The molecule has 0 unspecified atom stereocenters. The first-order valence-corrected chi connectivity index (χ1v) is 6.45. The third-order valence-corrected chi connectivity index (χ3v) is 3.28. The van der Waals surface area contributed by atoms with Crippen molar-refractivity contribution in [3.8, 4) is 0 Å². The maximum atomic E-state index is 12.1. The zero-order chi connectivity index (χ0) is 13.9. The first-order valence-electron chi connectivity index (χ1n) is 6.45. The lowest BCUT2D eigenvalue weighted by Gasteiger charge is -2.06. The van der Waals surface area contributed by atoms with Crippen LogP contribution in [0.25, 0.3) is 0 Å². The summed E-state index contributed by atoms with van der Waals surface area (Å²) in [5.74, 6) is -0.509. The maximum absolute atomic E-state index is 12.1. The fourth-order valence-corrected chi connectivity index (χ4v) is 2.25. The van der Waals surface area contributed by atoms with Crippen LogP contribution in [0.4, 0.5) is 0 Å². The Morgan fingerprint density at radius 2 is 1.35 bits per heavy atom. The van der Waals surface area contributed by atoms with Crippen molar-refractivity contribution < 1.29 is 9.59 Å². The second-order valence-electron chi connectivity index (χ2n) is 4.60. The molecule has 0 atom stereocenters. The van der Waals surface area contributed by atoms with E-state index in [9.17, 15) is 9.59 Å². The molecule has 0 saturated heterocycles. The summed E-state index contributed by atoms with van der Waals surface area (Å²) < 4.78 is 0. The molecule has 98 valence electrons. The number of rotatable bonds is 3. The molecule has 0 N–H and O–H groups in total. The molecular weight excluding hydrogens is 250 g/mol. The first kappa shape index (κ1) is 12.4. The SMILES string of the molecule is O=C1c2ccccc2C(=O)N1C=CCc1ccccc1. The highest BCUT2D eigenvalue weighted by atomic mass is 16.2. The lowest BCUT2D eigenvalue weighted by molar-refractivity contribution is 0.0721. The number of fused-ring (bicyclic) bond motifs is 1. The molecule has 0 bridgehead atoms. The summed E-state index contributed by atoms with van der Waals surface area (Å²) in [7, 11) is 0. The van der Waals surface area contributed by atoms with Crippen LogP contribution in [0.5, 0.6) is 0 Å². The number of nitrogens with zero attached hydrogens (tertiary/aromatic N) is 1. The number of benzene rings is 2. The van der Waals surface area contributed by atoms with Crippen LogP contribution in [0, 0.1) is 0 Å². The molecule has 1 aliphatic rings. The van der Waals surface area contributed by atoms with Crippen molar-refractivity contribution in [2.75, 3.05) is 0 Å². The second kappa shape index (κ2) is 5.13. The predicted octanol–water partition coefficient (Wildman–Crippen LogP) is 3.04. The van der Waals surface area contributed by atoms with E-state index in [0.29, 0.717) is 17.5 Å². The Morgan fingerprint density at radius 3 is 1.95 bits per heavy atom. The van der Waals surface area contributed by atoms with Gasteiger partial charge in [-0.15, -0.1) is 0 Å². The molecule has 0 fully saturated rings. The summed E-state index contributed by atoms with van der Waals surface area (Å²) in [5.41, 5.74) is 2.09. The average Bonchev–Trinajstić information content (AvgIpc) is 2.74. The summed E-state index contributed by atoms with van der Waals surface area (Å²) in [5, 5.41) is 0. The quantitative estimate of drug-likeness (QED) is 0.798. The zero-order valence-corrected chi connectivity index (χ0v) is 10.8. The molecule has 0 spiro atoms. The Bertz CT molecular complexity index is 654. The number of carbonyl (C=O) groups is 2. The van der Waals surface area contributed by atoms with Crippen molar-refractivity contribution in [2.45, 2.75) is 6.42 Å². The van der Waals surface area contributed by atoms with Crippen LogP contribution < -0.4 is 0 Å². The van der Waals surface area contributed by atoms with Gasteiger partial charge >= 0.3 is 0 Å².